The van der Waals surface area contributed by atoms with Gasteiger partial charge in [0.1, 0.15) is 11.9 Å². The molecule has 1 aromatic carbocycles. The molecule has 0 aliphatic carbocycles. The lowest BCUT2D eigenvalue weighted by molar-refractivity contribution is -0.142. The Morgan fingerprint density at radius 3 is 2.43 bits per heavy atom. The molecule has 1 aliphatic rings. The molecule has 5 nitrogen and oxygen atoms in total. The van der Waals surface area contributed by atoms with Gasteiger partial charge < -0.3 is 10.0 Å². The number of benzene rings is 1. The fraction of sp³-hybridized carbons (Fsp3) is 0.467. The first-order chi connectivity index (χ1) is 9.99. The van der Waals surface area contributed by atoms with Crippen LogP contribution in [0.4, 0.5) is 4.39 Å². The Bertz CT molecular complexity index is 518. The average Bonchev–Trinajstić information content (AvgIpc) is 2.72. The van der Waals surface area contributed by atoms with Crippen molar-refractivity contribution in [2.45, 2.75) is 19.4 Å². The van der Waals surface area contributed by atoms with Gasteiger partial charge in [0.05, 0.1) is 0 Å². The Morgan fingerprint density at radius 2 is 1.81 bits per heavy atom. The lowest BCUT2D eigenvalue weighted by Gasteiger charge is -2.24. The maximum atomic E-state index is 12.9. The molecular formula is C15H19FN2O3. The maximum absolute atomic E-state index is 12.9. The Balaban J connectivity index is 2.01. The second kappa shape index (κ2) is 6.67. The quantitative estimate of drug-likeness (QED) is 0.916. The minimum atomic E-state index is -0.853. The zero-order valence-electron chi connectivity index (χ0n) is 12.0. The summed E-state index contributed by atoms with van der Waals surface area (Å²) < 4.78 is 12.9. The molecule has 0 unspecified atom stereocenters. The maximum Gasteiger partial charge on any atom is 0.320 e. The van der Waals surface area contributed by atoms with Crippen molar-refractivity contribution in [3.63, 3.8) is 0 Å². The summed E-state index contributed by atoms with van der Waals surface area (Å²) >= 11 is 0. The van der Waals surface area contributed by atoms with Crippen LogP contribution in [0.25, 0.3) is 0 Å². The normalized spacial score (nSPS) is 18.1. The van der Waals surface area contributed by atoms with E-state index < -0.39 is 12.0 Å². The van der Waals surface area contributed by atoms with E-state index in [9.17, 15) is 14.0 Å². The molecule has 2 rings (SSSR count). The van der Waals surface area contributed by atoms with Crippen molar-refractivity contribution in [2.24, 2.45) is 0 Å². The van der Waals surface area contributed by atoms with Gasteiger partial charge in [0.2, 0.25) is 0 Å². The second-order valence-electron chi connectivity index (χ2n) is 5.20. The van der Waals surface area contributed by atoms with Crippen molar-refractivity contribution in [3.05, 3.63) is 35.6 Å². The number of carboxylic acids is 1. The highest BCUT2D eigenvalue weighted by Crippen LogP contribution is 2.12. The standard InChI is InChI=1S/C15H19FN2O3/c1-11(15(20)21)17-7-2-8-18(10-9-17)14(19)12-3-5-13(16)6-4-12/h3-6,11H,2,7-10H2,1H3,(H,20,21)/t11-/m0/s1. The highest BCUT2D eigenvalue weighted by atomic mass is 19.1. The summed E-state index contributed by atoms with van der Waals surface area (Å²) in [6.07, 6.45) is 0.727. The van der Waals surface area contributed by atoms with Gasteiger partial charge in [-0.1, -0.05) is 0 Å². The molecule has 1 fully saturated rings. The third-order valence-corrected chi connectivity index (χ3v) is 3.81. The van der Waals surface area contributed by atoms with Crippen LogP contribution in [0.15, 0.2) is 24.3 Å². The highest BCUT2D eigenvalue weighted by Gasteiger charge is 2.25. The van der Waals surface area contributed by atoms with Crippen molar-refractivity contribution in [1.82, 2.24) is 9.80 Å². The van der Waals surface area contributed by atoms with Crippen molar-refractivity contribution < 1.29 is 19.1 Å². The van der Waals surface area contributed by atoms with Crippen molar-refractivity contribution in [1.29, 1.82) is 0 Å². The first-order valence-electron chi connectivity index (χ1n) is 7.00. The fourth-order valence-electron chi connectivity index (χ4n) is 2.46. The van der Waals surface area contributed by atoms with Crippen LogP contribution in [0.5, 0.6) is 0 Å². The molecule has 1 atom stereocenters. The number of carbonyl (C=O) groups is 2. The summed E-state index contributed by atoms with van der Waals surface area (Å²) in [4.78, 5) is 26.9. The van der Waals surface area contributed by atoms with E-state index in [2.05, 4.69) is 0 Å². The van der Waals surface area contributed by atoms with Crippen molar-refractivity contribution in [3.8, 4) is 0 Å². The van der Waals surface area contributed by atoms with Gasteiger partial charge in [-0.15, -0.1) is 0 Å². The molecule has 1 amide bonds. The Kier molecular flexibility index (Phi) is 4.90. The molecule has 114 valence electrons. The van der Waals surface area contributed by atoms with Crippen LogP contribution < -0.4 is 0 Å². The Morgan fingerprint density at radius 1 is 1.14 bits per heavy atom. The third kappa shape index (κ3) is 3.78. The molecule has 1 aromatic rings. The molecule has 0 aromatic heterocycles. The van der Waals surface area contributed by atoms with E-state index in [1.807, 2.05) is 4.90 Å². The molecule has 1 aliphatic heterocycles. The van der Waals surface area contributed by atoms with E-state index in [1.165, 1.54) is 24.3 Å². The SMILES string of the molecule is C[C@@H](C(=O)O)N1CCCN(C(=O)c2ccc(F)cc2)CC1. The first kappa shape index (κ1) is 15.4. The smallest absolute Gasteiger partial charge is 0.320 e. The topological polar surface area (TPSA) is 60.9 Å². The molecule has 0 radical (unpaired) electrons. The van der Waals surface area contributed by atoms with Gasteiger partial charge in [0, 0.05) is 31.7 Å². The molecule has 21 heavy (non-hydrogen) atoms. The van der Waals surface area contributed by atoms with E-state index >= 15 is 0 Å². The second-order valence-corrected chi connectivity index (χ2v) is 5.20. The van der Waals surface area contributed by atoms with Gasteiger partial charge >= 0.3 is 5.97 Å². The molecule has 0 spiro atoms. The lowest BCUT2D eigenvalue weighted by Crippen LogP contribution is -2.42. The van der Waals surface area contributed by atoms with Gasteiger partial charge in [0.15, 0.2) is 0 Å². The molecule has 0 saturated carbocycles. The predicted octanol–water partition coefficient (Wildman–Crippen LogP) is 1.45. The number of rotatable bonds is 3. The number of hydrogen-bond acceptors (Lipinski definition) is 3. The minimum Gasteiger partial charge on any atom is -0.480 e. The molecule has 6 heteroatoms. The molecule has 0 bridgehead atoms. The van der Waals surface area contributed by atoms with Crippen LogP contribution >= 0.6 is 0 Å². The van der Waals surface area contributed by atoms with Gasteiger partial charge in [0.25, 0.3) is 5.91 Å². The van der Waals surface area contributed by atoms with Crippen LogP contribution in [-0.4, -0.2) is 59.0 Å². The summed E-state index contributed by atoms with van der Waals surface area (Å²) in [7, 11) is 0. The largest absolute Gasteiger partial charge is 0.480 e. The number of nitrogens with zero attached hydrogens (tertiary/aromatic N) is 2. The Labute approximate surface area is 123 Å². The highest BCUT2D eigenvalue weighted by molar-refractivity contribution is 5.94. The molecule has 1 saturated heterocycles. The number of aliphatic carboxylic acids is 1. The monoisotopic (exact) mass is 294 g/mol. The predicted molar refractivity (Wildman–Crippen MR) is 75.6 cm³/mol. The number of amides is 1. The average molecular weight is 294 g/mol. The van der Waals surface area contributed by atoms with E-state index in [-0.39, 0.29) is 11.7 Å². The van der Waals surface area contributed by atoms with E-state index in [1.54, 1.807) is 11.8 Å². The van der Waals surface area contributed by atoms with Gasteiger partial charge in [-0.25, -0.2) is 4.39 Å². The minimum absolute atomic E-state index is 0.139. The summed E-state index contributed by atoms with van der Waals surface area (Å²) in [6.45, 7) is 3.90. The van der Waals surface area contributed by atoms with Crippen LogP contribution in [0, 0.1) is 5.82 Å². The Hall–Kier alpha value is -1.95. The fourth-order valence-corrected chi connectivity index (χ4v) is 2.46. The molecular weight excluding hydrogens is 275 g/mol. The zero-order chi connectivity index (χ0) is 15.4. The molecule has 1 N–H and O–H groups in total. The summed E-state index contributed by atoms with van der Waals surface area (Å²) in [5, 5.41) is 9.05. The van der Waals surface area contributed by atoms with E-state index in [0.29, 0.717) is 31.7 Å². The van der Waals surface area contributed by atoms with E-state index in [4.69, 9.17) is 5.11 Å². The third-order valence-electron chi connectivity index (χ3n) is 3.81. The van der Waals surface area contributed by atoms with Gasteiger partial charge in [-0.2, -0.15) is 0 Å². The van der Waals surface area contributed by atoms with Crippen LogP contribution in [-0.2, 0) is 4.79 Å². The van der Waals surface area contributed by atoms with Crippen LogP contribution in [0.2, 0.25) is 0 Å². The van der Waals surface area contributed by atoms with Gasteiger partial charge in [-0.3, -0.25) is 14.5 Å². The van der Waals surface area contributed by atoms with Crippen LogP contribution in [0.1, 0.15) is 23.7 Å². The van der Waals surface area contributed by atoms with Crippen molar-refractivity contribution in [2.75, 3.05) is 26.2 Å². The lowest BCUT2D eigenvalue weighted by atomic mass is 10.2. The summed E-state index contributed by atoms with van der Waals surface area (Å²) in [6, 6.07) is 4.93. The zero-order valence-corrected chi connectivity index (χ0v) is 12.0. The van der Waals surface area contributed by atoms with Crippen LogP contribution in [0.3, 0.4) is 0 Å². The first-order valence-corrected chi connectivity index (χ1v) is 7.00. The van der Waals surface area contributed by atoms with Crippen molar-refractivity contribution >= 4 is 11.9 Å². The summed E-state index contributed by atoms with van der Waals surface area (Å²) in [5.74, 6) is -1.36. The number of carbonyl (C=O) groups excluding carboxylic acids is 1. The molecule has 1 heterocycles. The summed E-state index contributed by atoms with van der Waals surface area (Å²) in [5.41, 5.74) is 0.455. The van der Waals surface area contributed by atoms with E-state index in [0.717, 1.165) is 6.42 Å². The number of hydrogen-bond donors (Lipinski definition) is 1. The van der Waals surface area contributed by atoms with Gasteiger partial charge in [-0.05, 0) is 37.6 Å². The number of halogens is 1. The number of carboxylic acid groups (broad SMARTS) is 1.